The molecule has 0 aliphatic rings. The van der Waals surface area contributed by atoms with E-state index in [1.807, 2.05) is 24.3 Å². The molecule has 1 aromatic heterocycles. The maximum Gasteiger partial charge on any atom is 0.348 e. The van der Waals surface area contributed by atoms with Gasteiger partial charge in [-0.1, -0.05) is 42.5 Å². The van der Waals surface area contributed by atoms with E-state index in [1.54, 1.807) is 6.07 Å². The Kier molecular flexibility index (Phi) is 3.84. The summed E-state index contributed by atoms with van der Waals surface area (Å²) in [5.74, 6) is -0.287. The van der Waals surface area contributed by atoms with Gasteiger partial charge < -0.3 is 4.74 Å². The summed E-state index contributed by atoms with van der Waals surface area (Å²) in [6.07, 6.45) is 4.07. The Bertz CT molecular complexity index is 815. The molecule has 0 N–H and O–H groups in total. The lowest BCUT2D eigenvalue weighted by Gasteiger charge is -1.98. The fourth-order valence-corrected chi connectivity index (χ4v) is 2.97. The number of hydrogen-bond acceptors (Lipinski definition) is 3. The summed E-state index contributed by atoms with van der Waals surface area (Å²) in [5, 5.41) is 2.46. The average Bonchev–Trinajstić information content (AvgIpc) is 3.01. The maximum atomic E-state index is 11.4. The van der Waals surface area contributed by atoms with Crippen LogP contribution in [0, 0.1) is 0 Å². The van der Waals surface area contributed by atoms with E-state index < -0.39 is 0 Å². The Balaban J connectivity index is 1.84. The van der Waals surface area contributed by atoms with Gasteiger partial charge in [-0.05, 0) is 40.6 Å². The smallest absolute Gasteiger partial charge is 0.348 e. The zero-order valence-corrected chi connectivity index (χ0v) is 12.4. The van der Waals surface area contributed by atoms with Crippen molar-refractivity contribution in [2.75, 3.05) is 7.11 Å². The minimum absolute atomic E-state index is 0.287. The first kappa shape index (κ1) is 13.6. The third-order valence-corrected chi connectivity index (χ3v) is 4.26. The summed E-state index contributed by atoms with van der Waals surface area (Å²) in [6.45, 7) is 0. The van der Waals surface area contributed by atoms with Crippen molar-refractivity contribution in [1.29, 1.82) is 0 Å². The molecule has 0 bridgehead atoms. The average molecular weight is 294 g/mol. The molecular weight excluding hydrogens is 280 g/mol. The molecule has 104 valence electrons. The molecule has 0 unspecified atom stereocenters. The summed E-state index contributed by atoms with van der Waals surface area (Å²) in [4.78, 5) is 13.1. The van der Waals surface area contributed by atoms with E-state index >= 15 is 0 Å². The molecule has 3 heteroatoms. The molecule has 0 aliphatic heterocycles. The van der Waals surface area contributed by atoms with Crippen LogP contribution >= 0.6 is 11.3 Å². The van der Waals surface area contributed by atoms with Crippen LogP contribution in [0.2, 0.25) is 0 Å². The van der Waals surface area contributed by atoms with Crippen LogP contribution in [0.25, 0.3) is 22.9 Å². The number of rotatable bonds is 3. The second-order valence-electron chi connectivity index (χ2n) is 4.63. The van der Waals surface area contributed by atoms with E-state index in [2.05, 4.69) is 36.4 Å². The minimum Gasteiger partial charge on any atom is -0.465 e. The lowest BCUT2D eigenvalue weighted by atomic mass is 10.1. The summed E-state index contributed by atoms with van der Waals surface area (Å²) in [7, 11) is 1.40. The largest absolute Gasteiger partial charge is 0.465 e. The molecule has 0 amide bonds. The molecular formula is C18H14O2S. The fourth-order valence-electron chi connectivity index (χ4n) is 2.14. The van der Waals surface area contributed by atoms with E-state index in [4.69, 9.17) is 4.74 Å². The van der Waals surface area contributed by atoms with Gasteiger partial charge in [0.05, 0.1) is 7.11 Å². The molecule has 0 atom stereocenters. The quantitative estimate of drug-likeness (QED) is 0.645. The first-order valence-corrected chi connectivity index (χ1v) is 7.43. The van der Waals surface area contributed by atoms with Gasteiger partial charge >= 0.3 is 5.97 Å². The first-order chi connectivity index (χ1) is 10.3. The van der Waals surface area contributed by atoms with Crippen molar-refractivity contribution in [3.63, 3.8) is 0 Å². The molecule has 1 heterocycles. The van der Waals surface area contributed by atoms with Crippen LogP contribution < -0.4 is 0 Å². The predicted octanol–water partition coefficient (Wildman–Crippen LogP) is 4.86. The number of hydrogen-bond donors (Lipinski definition) is 0. The number of esters is 1. The summed E-state index contributed by atoms with van der Waals surface area (Å²) in [5.41, 5.74) is 1.14. The van der Waals surface area contributed by atoms with Crippen LogP contribution in [0.1, 0.15) is 20.1 Å². The highest BCUT2D eigenvalue weighted by molar-refractivity contribution is 7.14. The Labute approximate surface area is 127 Å². The highest BCUT2D eigenvalue weighted by atomic mass is 32.1. The van der Waals surface area contributed by atoms with E-state index in [0.29, 0.717) is 4.88 Å². The summed E-state index contributed by atoms with van der Waals surface area (Å²) in [6, 6.07) is 18.4. The molecule has 2 nitrogen and oxygen atoms in total. The third kappa shape index (κ3) is 3.03. The number of thiophene rings is 1. The van der Waals surface area contributed by atoms with Crippen molar-refractivity contribution in [1.82, 2.24) is 0 Å². The van der Waals surface area contributed by atoms with Gasteiger partial charge in [-0.2, -0.15) is 0 Å². The zero-order valence-electron chi connectivity index (χ0n) is 11.6. The Hall–Kier alpha value is -2.39. The lowest BCUT2D eigenvalue weighted by molar-refractivity contribution is 0.0606. The van der Waals surface area contributed by atoms with Gasteiger partial charge in [-0.3, -0.25) is 0 Å². The SMILES string of the molecule is COC(=O)c1ccc(C=Cc2ccc3ccccc3c2)s1. The molecule has 0 spiro atoms. The molecule has 3 aromatic rings. The monoisotopic (exact) mass is 294 g/mol. The summed E-state index contributed by atoms with van der Waals surface area (Å²) < 4.78 is 4.71. The van der Waals surface area contributed by atoms with E-state index in [1.165, 1.54) is 29.2 Å². The van der Waals surface area contributed by atoms with Gasteiger partial charge in [0.25, 0.3) is 0 Å². The predicted molar refractivity (Wildman–Crippen MR) is 88.5 cm³/mol. The molecule has 0 fully saturated rings. The van der Waals surface area contributed by atoms with E-state index in [0.717, 1.165) is 10.4 Å². The van der Waals surface area contributed by atoms with Gasteiger partial charge in [0.2, 0.25) is 0 Å². The normalized spacial score (nSPS) is 11.1. The van der Waals surface area contributed by atoms with Gasteiger partial charge in [0, 0.05) is 4.88 Å². The van der Waals surface area contributed by atoms with Crippen molar-refractivity contribution in [3.05, 3.63) is 69.9 Å². The van der Waals surface area contributed by atoms with Gasteiger partial charge in [0.1, 0.15) is 4.88 Å². The third-order valence-electron chi connectivity index (χ3n) is 3.23. The van der Waals surface area contributed by atoms with Crippen molar-refractivity contribution in [3.8, 4) is 0 Å². The van der Waals surface area contributed by atoms with Crippen LogP contribution in [0.5, 0.6) is 0 Å². The fraction of sp³-hybridized carbons (Fsp3) is 0.0556. The first-order valence-electron chi connectivity index (χ1n) is 6.61. The second-order valence-corrected chi connectivity index (χ2v) is 5.75. The molecule has 0 saturated carbocycles. The van der Waals surface area contributed by atoms with E-state index in [-0.39, 0.29) is 5.97 Å². The molecule has 0 radical (unpaired) electrons. The number of benzene rings is 2. The van der Waals surface area contributed by atoms with Crippen molar-refractivity contribution in [2.24, 2.45) is 0 Å². The Morgan fingerprint density at radius 1 is 1.00 bits per heavy atom. The number of ether oxygens (including phenoxy) is 1. The van der Waals surface area contributed by atoms with Crippen LogP contribution in [-0.4, -0.2) is 13.1 Å². The van der Waals surface area contributed by atoms with Crippen molar-refractivity contribution >= 4 is 40.2 Å². The number of fused-ring (bicyclic) bond motifs is 1. The highest BCUT2D eigenvalue weighted by Crippen LogP contribution is 2.21. The van der Waals surface area contributed by atoms with Crippen LogP contribution in [-0.2, 0) is 4.74 Å². The molecule has 21 heavy (non-hydrogen) atoms. The minimum atomic E-state index is -0.287. The standard InChI is InChI=1S/C18H14O2S/c1-20-18(19)17-11-10-16(21-17)9-7-13-6-8-14-4-2-3-5-15(14)12-13/h2-12H,1H3. The summed E-state index contributed by atoms with van der Waals surface area (Å²) >= 11 is 1.43. The van der Waals surface area contributed by atoms with Gasteiger partial charge in [-0.15, -0.1) is 11.3 Å². The molecule has 0 saturated heterocycles. The molecule has 0 aliphatic carbocycles. The number of carbonyl (C=O) groups excluding carboxylic acids is 1. The van der Waals surface area contributed by atoms with Crippen molar-refractivity contribution < 1.29 is 9.53 Å². The van der Waals surface area contributed by atoms with Gasteiger partial charge in [-0.25, -0.2) is 4.79 Å². The number of methoxy groups -OCH3 is 1. The Morgan fingerprint density at radius 2 is 1.81 bits per heavy atom. The molecule has 3 rings (SSSR count). The zero-order chi connectivity index (χ0) is 14.7. The Morgan fingerprint density at radius 3 is 2.62 bits per heavy atom. The lowest BCUT2D eigenvalue weighted by Crippen LogP contribution is -1.96. The van der Waals surface area contributed by atoms with Gasteiger partial charge in [0.15, 0.2) is 0 Å². The van der Waals surface area contributed by atoms with Crippen LogP contribution in [0.15, 0.2) is 54.6 Å². The molecule has 2 aromatic carbocycles. The highest BCUT2D eigenvalue weighted by Gasteiger charge is 2.07. The van der Waals surface area contributed by atoms with Crippen LogP contribution in [0.4, 0.5) is 0 Å². The number of carbonyl (C=O) groups is 1. The maximum absolute atomic E-state index is 11.4. The second kappa shape index (κ2) is 5.94. The van der Waals surface area contributed by atoms with Crippen LogP contribution in [0.3, 0.4) is 0 Å². The van der Waals surface area contributed by atoms with Crippen molar-refractivity contribution in [2.45, 2.75) is 0 Å². The topological polar surface area (TPSA) is 26.3 Å². The van der Waals surface area contributed by atoms with E-state index in [9.17, 15) is 4.79 Å².